The van der Waals surface area contributed by atoms with Crippen LogP contribution in [0.3, 0.4) is 0 Å². The summed E-state index contributed by atoms with van der Waals surface area (Å²) in [4.78, 5) is 17.1. The molecule has 2 fully saturated rings. The van der Waals surface area contributed by atoms with Gasteiger partial charge in [-0.2, -0.15) is 0 Å². The summed E-state index contributed by atoms with van der Waals surface area (Å²) in [5, 5.41) is 3.18. The number of ether oxygens (including phenoxy) is 1. The summed E-state index contributed by atoms with van der Waals surface area (Å²) in [6.07, 6.45) is 4.59. The predicted molar refractivity (Wildman–Crippen MR) is 119 cm³/mol. The number of piperazine rings is 1. The Labute approximate surface area is 180 Å². The van der Waals surface area contributed by atoms with E-state index in [0.717, 1.165) is 61.6 Å². The molecule has 0 aliphatic carbocycles. The Bertz CT molecular complexity index is 839. The van der Waals surface area contributed by atoms with Gasteiger partial charge in [0, 0.05) is 55.8 Å². The summed E-state index contributed by atoms with van der Waals surface area (Å²) in [6, 6.07) is 15.8. The SMILES string of the molecule is O=C(c1ccc(OC2CNC2)cc1)N1CCN(C/C=C/c2ccc(Br)cc2)CC1. The molecule has 152 valence electrons. The number of benzene rings is 2. The van der Waals surface area contributed by atoms with Crippen molar-refractivity contribution in [2.45, 2.75) is 6.10 Å². The van der Waals surface area contributed by atoms with Crippen LogP contribution in [0.15, 0.2) is 59.1 Å². The lowest BCUT2D eigenvalue weighted by Crippen LogP contribution is -2.50. The van der Waals surface area contributed by atoms with Crippen molar-refractivity contribution >= 4 is 27.9 Å². The van der Waals surface area contributed by atoms with E-state index in [-0.39, 0.29) is 12.0 Å². The van der Waals surface area contributed by atoms with Crippen LogP contribution in [0, 0.1) is 0 Å². The first-order valence-corrected chi connectivity index (χ1v) is 10.9. The van der Waals surface area contributed by atoms with E-state index in [0.29, 0.717) is 0 Å². The Morgan fingerprint density at radius 2 is 1.72 bits per heavy atom. The van der Waals surface area contributed by atoms with Gasteiger partial charge in [-0.1, -0.05) is 40.2 Å². The van der Waals surface area contributed by atoms with Crippen molar-refractivity contribution in [1.82, 2.24) is 15.1 Å². The molecule has 0 radical (unpaired) electrons. The monoisotopic (exact) mass is 455 g/mol. The van der Waals surface area contributed by atoms with Gasteiger partial charge in [0.15, 0.2) is 0 Å². The van der Waals surface area contributed by atoms with Crippen LogP contribution in [0.4, 0.5) is 0 Å². The van der Waals surface area contributed by atoms with E-state index >= 15 is 0 Å². The molecule has 2 aromatic carbocycles. The summed E-state index contributed by atoms with van der Waals surface area (Å²) in [5.41, 5.74) is 1.93. The fraction of sp³-hybridized carbons (Fsp3) is 0.348. The summed E-state index contributed by atoms with van der Waals surface area (Å²) in [7, 11) is 0. The third-order valence-corrected chi connectivity index (χ3v) is 5.88. The number of amides is 1. The Hall–Kier alpha value is -2.15. The highest BCUT2D eigenvalue weighted by atomic mass is 79.9. The molecule has 0 aromatic heterocycles. The Morgan fingerprint density at radius 3 is 2.34 bits per heavy atom. The molecule has 1 amide bonds. The molecule has 29 heavy (non-hydrogen) atoms. The zero-order valence-electron chi connectivity index (χ0n) is 16.4. The van der Waals surface area contributed by atoms with Crippen LogP contribution in [0.2, 0.25) is 0 Å². The van der Waals surface area contributed by atoms with Crippen LogP contribution in [0.5, 0.6) is 5.75 Å². The minimum absolute atomic E-state index is 0.104. The Morgan fingerprint density at radius 1 is 1.03 bits per heavy atom. The third kappa shape index (κ3) is 5.47. The van der Waals surface area contributed by atoms with Crippen molar-refractivity contribution in [2.75, 3.05) is 45.8 Å². The lowest BCUT2D eigenvalue weighted by Gasteiger charge is -2.34. The fourth-order valence-corrected chi connectivity index (χ4v) is 3.71. The molecular formula is C23H26BrN3O2. The van der Waals surface area contributed by atoms with Gasteiger partial charge in [0.1, 0.15) is 11.9 Å². The topological polar surface area (TPSA) is 44.8 Å². The number of nitrogens with one attached hydrogen (secondary N) is 1. The molecule has 0 bridgehead atoms. The Balaban J connectivity index is 1.23. The molecule has 0 saturated carbocycles. The van der Waals surface area contributed by atoms with Crippen LogP contribution in [-0.4, -0.2) is 67.6 Å². The smallest absolute Gasteiger partial charge is 0.253 e. The summed E-state index contributed by atoms with van der Waals surface area (Å²) in [6.45, 7) is 6.00. The highest BCUT2D eigenvalue weighted by molar-refractivity contribution is 9.10. The molecule has 2 aromatic rings. The second-order valence-corrected chi connectivity index (χ2v) is 8.38. The maximum absolute atomic E-state index is 12.8. The molecule has 6 heteroatoms. The molecular weight excluding hydrogens is 430 g/mol. The number of carbonyl (C=O) groups excluding carboxylic acids is 1. The molecule has 5 nitrogen and oxygen atoms in total. The summed E-state index contributed by atoms with van der Waals surface area (Å²) in [5.74, 6) is 0.933. The van der Waals surface area contributed by atoms with E-state index in [2.05, 4.69) is 50.4 Å². The van der Waals surface area contributed by atoms with E-state index in [4.69, 9.17) is 4.74 Å². The van der Waals surface area contributed by atoms with Crippen molar-refractivity contribution in [3.8, 4) is 5.75 Å². The van der Waals surface area contributed by atoms with E-state index in [1.807, 2.05) is 41.3 Å². The van der Waals surface area contributed by atoms with E-state index in [1.165, 1.54) is 5.56 Å². The molecule has 2 saturated heterocycles. The molecule has 2 aliphatic heterocycles. The number of hydrogen-bond donors (Lipinski definition) is 1. The maximum Gasteiger partial charge on any atom is 0.253 e. The van der Waals surface area contributed by atoms with Crippen LogP contribution in [0.25, 0.3) is 6.08 Å². The predicted octanol–water partition coefficient (Wildman–Crippen LogP) is 3.27. The minimum atomic E-state index is 0.104. The van der Waals surface area contributed by atoms with Crippen molar-refractivity contribution in [3.05, 3.63) is 70.2 Å². The van der Waals surface area contributed by atoms with Crippen LogP contribution in [0.1, 0.15) is 15.9 Å². The average molecular weight is 456 g/mol. The van der Waals surface area contributed by atoms with Gasteiger partial charge >= 0.3 is 0 Å². The maximum atomic E-state index is 12.8. The fourth-order valence-electron chi connectivity index (χ4n) is 3.44. The number of carbonyl (C=O) groups is 1. The molecule has 2 heterocycles. The van der Waals surface area contributed by atoms with Crippen LogP contribution < -0.4 is 10.1 Å². The van der Waals surface area contributed by atoms with Gasteiger partial charge in [0.25, 0.3) is 5.91 Å². The van der Waals surface area contributed by atoms with Gasteiger partial charge in [-0.3, -0.25) is 9.69 Å². The largest absolute Gasteiger partial charge is 0.488 e. The lowest BCUT2D eigenvalue weighted by atomic mass is 10.1. The van der Waals surface area contributed by atoms with Gasteiger partial charge < -0.3 is 15.0 Å². The van der Waals surface area contributed by atoms with Crippen LogP contribution in [-0.2, 0) is 0 Å². The normalized spacial score (nSPS) is 18.0. The lowest BCUT2D eigenvalue weighted by molar-refractivity contribution is 0.0650. The van der Waals surface area contributed by atoms with Crippen molar-refractivity contribution in [3.63, 3.8) is 0 Å². The van der Waals surface area contributed by atoms with Gasteiger partial charge in [0.2, 0.25) is 0 Å². The summed E-state index contributed by atoms with van der Waals surface area (Å²) >= 11 is 3.46. The molecule has 0 spiro atoms. The van der Waals surface area contributed by atoms with E-state index in [9.17, 15) is 4.79 Å². The first-order chi connectivity index (χ1) is 14.2. The second-order valence-electron chi connectivity index (χ2n) is 7.47. The quantitative estimate of drug-likeness (QED) is 0.725. The Kier molecular flexibility index (Phi) is 6.64. The number of halogens is 1. The van der Waals surface area contributed by atoms with Gasteiger partial charge in [-0.05, 0) is 42.0 Å². The number of hydrogen-bond acceptors (Lipinski definition) is 4. The highest BCUT2D eigenvalue weighted by Gasteiger charge is 2.22. The first-order valence-electron chi connectivity index (χ1n) is 10.1. The first kappa shape index (κ1) is 20.1. The molecule has 4 rings (SSSR count). The summed E-state index contributed by atoms with van der Waals surface area (Å²) < 4.78 is 6.91. The molecule has 0 atom stereocenters. The van der Waals surface area contributed by atoms with E-state index < -0.39 is 0 Å². The average Bonchev–Trinajstić information content (AvgIpc) is 2.73. The van der Waals surface area contributed by atoms with Gasteiger partial charge in [-0.15, -0.1) is 0 Å². The van der Waals surface area contributed by atoms with Crippen LogP contribution >= 0.6 is 15.9 Å². The van der Waals surface area contributed by atoms with Crippen molar-refractivity contribution in [1.29, 1.82) is 0 Å². The second kappa shape index (κ2) is 9.57. The minimum Gasteiger partial charge on any atom is -0.488 e. The van der Waals surface area contributed by atoms with Crippen molar-refractivity contribution < 1.29 is 9.53 Å². The highest BCUT2D eigenvalue weighted by Crippen LogP contribution is 2.17. The molecule has 1 N–H and O–H groups in total. The standard InChI is InChI=1S/C23H26BrN3O2/c24-20-7-3-18(4-8-20)2-1-11-26-12-14-27(15-13-26)23(28)19-5-9-21(10-6-19)29-22-16-25-17-22/h1-10,22,25H,11-17H2/b2-1+. The number of rotatable bonds is 6. The van der Waals surface area contributed by atoms with Gasteiger partial charge in [0.05, 0.1) is 0 Å². The van der Waals surface area contributed by atoms with Crippen molar-refractivity contribution in [2.24, 2.45) is 0 Å². The van der Waals surface area contributed by atoms with Gasteiger partial charge in [-0.25, -0.2) is 0 Å². The van der Waals surface area contributed by atoms with E-state index in [1.54, 1.807) is 0 Å². The number of nitrogens with zero attached hydrogens (tertiary/aromatic N) is 2. The third-order valence-electron chi connectivity index (χ3n) is 5.35. The zero-order valence-corrected chi connectivity index (χ0v) is 18.0. The zero-order chi connectivity index (χ0) is 20.1. The molecule has 2 aliphatic rings. The molecule has 0 unspecified atom stereocenters.